The van der Waals surface area contributed by atoms with Gasteiger partial charge >= 0.3 is 12.1 Å². The molecule has 0 bridgehead atoms. The number of likely N-dealkylation sites (tertiary alicyclic amines) is 1. The number of carbonyl (C=O) groups excluding carboxylic acids is 3. The molecular weight excluding hydrogens is 636 g/mol. The summed E-state index contributed by atoms with van der Waals surface area (Å²) >= 11 is 0. The Morgan fingerprint density at radius 1 is 1.20 bits per heavy atom. The van der Waals surface area contributed by atoms with E-state index in [0.717, 1.165) is 12.8 Å². The van der Waals surface area contributed by atoms with Gasteiger partial charge in [-0.15, -0.1) is 0 Å². The number of aromatic nitrogens is 3. The topological polar surface area (TPSA) is 214 Å². The monoisotopic (exact) mass is 684 g/mol. The van der Waals surface area contributed by atoms with Gasteiger partial charge in [-0.2, -0.15) is 0 Å². The summed E-state index contributed by atoms with van der Waals surface area (Å²) in [6, 6.07) is -1.93. The molecule has 16 nitrogen and oxygen atoms in total. The molecule has 0 aromatic carbocycles. The quantitative estimate of drug-likeness (QED) is 0.132. The van der Waals surface area contributed by atoms with Crippen LogP contribution in [0.1, 0.15) is 92.7 Å². The number of aliphatic hydroxyl groups excluding tert-OH is 1. The number of nitrogens with one attached hydrogen (secondary N) is 2. The van der Waals surface area contributed by atoms with E-state index >= 15 is 0 Å². The van der Waals surface area contributed by atoms with E-state index in [-0.39, 0.29) is 36.2 Å². The maximum absolute atomic E-state index is 14.0. The number of rotatable bonds is 10. The lowest BCUT2D eigenvalue weighted by atomic mass is 9.82. The zero-order valence-electron chi connectivity index (χ0n) is 29.4. The average Bonchev–Trinajstić information content (AvgIpc) is 3.75. The Morgan fingerprint density at radius 2 is 1.90 bits per heavy atom. The van der Waals surface area contributed by atoms with Gasteiger partial charge in [-0.05, 0) is 64.0 Å². The van der Waals surface area contributed by atoms with Crippen molar-refractivity contribution in [2.24, 2.45) is 22.9 Å². The van der Waals surface area contributed by atoms with Crippen LogP contribution in [-0.4, -0.2) is 91.3 Å². The van der Waals surface area contributed by atoms with Crippen LogP contribution in [0.4, 0.5) is 10.6 Å². The second-order valence-corrected chi connectivity index (χ2v) is 14.6. The Hall–Kier alpha value is -3.98. The summed E-state index contributed by atoms with van der Waals surface area (Å²) in [6.45, 7) is 14.1. The van der Waals surface area contributed by atoms with Crippen LogP contribution in [0.3, 0.4) is 0 Å². The first-order valence-electron chi connectivity index (χ1n) is 17.0. The third kappa shape index (κ3) is 7.32. The van der Waals surface area contributed by atoms with Gasteiger partial charge in [0.25, 0.3) is 0 Å². The van der Waals surface area contributed by atoms with E-state index < -0.39 is 59.8 Å². The van der Waals surface area contributed by atoms with Crippen molar-refractivity contribution in [1.29, 1.82) is 0 Å². The molecule has 3 aliphatic rings. The van der Waals surface area contributed by atoms with Gasteiger partial charge < -0.3 is 34.4 Å². The van der Waals surface area contributed by atoms with Gasteiger partial charge in [0.1, 0.15) is 30.7 Å². The molecule has 49 heavy (non-hydrogen) atoms. The highest BCUT2D eigenvalue weighted by Gasteiger charge is 2.61. The number of azide groups is 1. The molecule has 0 unspecified atom stereocenters. The van der Waals surface area contributed by atoms with E-state index in [1.165, 1.54) is 18.2 Å². The van der Waals surface area contributed by atoms with Crippen molar-refractivity contribution < 1.29 is 38.4 Å². The van der Waals surface area contributed by atoms with E-state index in [0.29, 0.717) is 29.4 Å². The summed E-state index contributed by atoms with van der Waals surface area (Å²) in [5.41, 5.74) is 9.53. The molecule has 5 rings (SSSR count). The molecular formula is C33H48N8O8. The normalized spacial score (nSPS) is 28.3. The van der Waals surface area contributed by atoms with Gasteiger partial charge in [-0.1, -0.05) is 26.7 Å². The van der Waals surface area contributed by atoms with E-state index in [2.05, 4.69) is 30.3 Å². The predicted octanol–water partition coefficient (Wildman–Crippen LogP) is 4.95. The van der Waals surface area contributed by atoms with Gasteiger partial charge in [0.05, 0.1) is 35.1 Å². The van der Waals surface area contributed by atoms with Crippen LogP contribution in [0.25, 0.3) is 21.5 Å². The van der Waals surface area contributed by atoms with Crippen molar-refractivity contribution in [3.8, 4) is 0 Å². The average molecular weight is 685 g/mol. The summed E-state index contributed by atoms with van der Waals surface area (Å²) in [4.78, 5) is 55.7. The molecule has 0 spiro atoms. The smallest absolute Gasteiger partial charge is 0.411 e. The minimum atomic E-state index is -1.03. The highest BCUT2D eigenvalue weighted by molar-refractivity contribution is 5.88. The SMILES string of the molecule is CCC(CC)[C@H](NC(C)=O)[C@H]1CC[C@H](C(=O)OC[C@@H]2[C@H]3OC(C)(C)O[C@H]3[C@H](c3c[nH]c4c(N=[N+]=[N-])ncnc34)N2C(=O)OC(C)(C)C)[C@H]1O. The first-order chi connectivity index (χ1) is 23.1. The Bertz CT molecular complexity index is 1600. The number of nitrogens with zero attached hydrogens (tertiary/aromatic N) is 6. The number of fused-ring (bicyclic) bond motifs is 2. The zero-order valence-corrected chi connectivity index (χ0v) is 29.4. The van der Waals surface area contributed by atoms with Crippen molar-refractivity contribution in [3.63, 3.8) is 0 Å². The molecule has 1 aliphatic carbocycles. The van der Waals surface area contributed by atoms with Crippen molar-refractivity contribution in [3.05, 3.63) is 28.5 Å². The maximum Gasteiger partial charge on any atom is 0.411 e. The largest absolute Gasteiger partial charge is 0.463 e. The van der Waals surface area contributed by atoms with Crippen LogP contribution in [0.15, 0.2) is 17.6 Å². The number of ether oxygens (including phenoxy) is 4. The minimum absolute atomic E-state index is 0.0878. The van der Waals surface area contributed by atoms with E-state index in [4.69, 9.17) is 24.5 Å². The first-order valence-corrected chi connectivity index (χ1v) is 17.0. The molecule has 8 atom stereocenters. The van der Waals surface area contributed by atoms with Gasteiger partial charge in [0, 0.05) is 35.6 Å². The fraction of sp³-hybridized carbons (Fsp3) is 0.727. The van der Waals surface area contributed by atoms with E-state index in [1.807, 2.05) is 13.8 Å². The molecule has 2 aliphatic heterocycles. The second-order valence-electron chi connectivity index (χ2n) is 14.6. The van der Waals surface area contributed by atoms with Crippen LogP contribution in [0, 0.1) is 17.8 Å². The molecule has 2 aromatic rings. The number of aromatic amines is 1. The number of esters is 1. The number of amides is 2. The molecule has 3 N–H and O–H groups in total. The Kier molecular flexibility index (Phi) is 10.4. The molecule has 2 amide bonds. The van der Waals surface area contributed by atoms with Crippen molar-refractivity contribution in [2.75, 3.05) is 6.61 Å². The summed E-state index contributed by atoms with van der Waals surface area (Å²) in [7, 11) is 0. The minimum Gasteiger partial charge on any atom is -0.463 e. The molecule has 4 heterocycles. The third-order valence-corrected chi connectivity index (χ3v) is 9.79. The van der Waals surface area contributed by atoms with Crippen molar-refractivity contribution in [1.82, 2.24) is 25.2 Å². The molecule has 1 saturated carbocycles. The van der Waals surface area contributed by atoms with Crippen molar-refractivity contribution >= 4 is 34.8 Å². The summed E-state index contributed by atoms with van der Waals surface area (Å²) in [6.07, 6.45) is 2.35. The second kappa shape index (κ2) is 14.1. The van der Waals surface area contributed by atoms with Crippen molar-refractivity contribution in [2.45, 2.75) is 129 Å². The molecule has 16 heteroatoms. The molecule has 2 aromatic heterocycles. The maximum atomic E-state index is 14.0. The van der Waals surface area contributed by atoms with Crippen LogP contribution in [-0.2, 0) is 28.5 Å². The zero-order chi connectivity index (χ0) is 35.8. The first kappa shape index (κ1) is 36.3. The standard InChI is InChI=1S/C33H48N8O8/c1-9-17(10-2)22(38-16(3)42)18-11-12-19(26(18)43)30(44)46-14-21-27-28(48-33(7,8)47-27)25(41(21)31(45)49-32(4,5)6)20-13-35-24-23(20)36-15-37-29(24)39-40-34/h13,15,17-19,21-22,25-28,35,43H,9-12,14H2,1-8H3,(H,38,42)/t18-,19+,21-,22+,25+,26+,27-,28+/m1/s1. The third-order valence-electron chi connectivity index (χ3n) is 9.79. The number of H-pyrrole nitrogens is 1. The van der Waals surface area contributed by atoms with E-state index in [9.17, 15) is 19.5 Å². The van der Waals surface area contributed by atoms with Crippen LogP contribution in [0.5, 0.6) is 0 Å². The number of hydrogen-bond donors (Lipinski definition) is 3. The van der Waals surface area contributed by atoms with E-state index in [1.54, 1.807) is 40.8 Å². The lowest BCUT2D eigenvalue weighted by Gasteiger charge is -2.35. The Labute approximate surface area is 285 Å². The van der Waals surface area contributed by atoms with Crippen LogP contribution >= 0.6 is 0 Å². The number of carbonyl (C=O) groups is 3. The van der Waals surface area contributed by atoms with Crippen LogP contribution in [0.2, 0.25) is 0 Å². The van der Waals surface area contributed by atoms with Crippen LogP contribution < -0.4 is 5.32 Å². The lowest BCUT2D eigenvalue weighted by molar-refractivity contribution is -0.173. The van der Waals surface area contributed by atoms with Gasteiger partial charge in [-0.3, -0.25) is 14.5 Å². The molecule has 2 saturated heterocycles. The Balaban J connectivity index is 1.45. The highest BCUT2D eigenvalue weighted by Crippen LogP contribution is 2.49. The van der Waals surface area contributed by atoms with Gasteiger partial charge in [0.2, 0.25) is 5.91 Å². The van der Waals surface area contributed by atoms with Gasteiger partial charge in [-0.25, -0.2) is 14.8 Å². The Morgan fingerprint density at radius 3 is 2.53 bits per heavy atom. The summed E-state index contributed by atoms with van der Waals surface area (Å²) < 4.78 is 24.5. The number of aliphatic hydroxyl groups is 1. The predicted molar refractivity (Wildman–Crippen MR) is 176 cm³/mol. The summed E-state index contributed by atoms with van der Waals surface area (Å²) in [5.74, 6) is -2.69. The molecule has 268 valence electrons. The summed E-state index contributed by atoms with van der Waals surface area (Å²) in [5, 5.41) is 18.1. The highest BCUT2D eigenvalue weighted by atomic mass is 16.8. The molecule has 0 radical (unpaired) electrons. The lowest BCUT2D eigenvalue weighted by Crippen LogP contribution is -2.49. The number of hydrogen-bond acceptors (Lipinski definition) is 11. The molecule has 3 fully saturated rings. The fourth-order valence-electron chi connectivity index (χ4n) is 7.78. The van der Waals surface area contributed by atoms with Gasteiger partial charge in [0.15, 0.2) is 11.6 Å². The fourth-order valence-corrected chi connectivity index (χ4v) is 7.78.